The van der Waals surface area contributed by atoms with Gasteiger partial charge >= 0.3 is 0 Å². The average Bonchev–Trinajstić information content (AvgIpc) is 3.11. The molecule has 0 aromatic carbocycles. The van der Waals surface area contributed by atoms with Crippen molar-refractivity contribution in [1.82, 2.24) is 9.97 Å². The third kappa shape index (κ3) is 3.06. The molecule has 3 rings (SSSR count). The molecule has 1 N–H and O–H groups in total. The molecule has 0 fully saturated rings. The minimum atomic E-state index is 0.0733. The van der Waals surface area contributed by atoms with Crippen LogP contribution in [-0.4, -0.2) is 15.1 Å². The summed E-state index contributed by atoms with van der Waals surface area (Å²) in [5.41, 5.74) is 1.14. The number of rotatable bonds is 5. The molecule has 0 saturated heterocycles. The van der Waals surface area contributed by atoms with Gasteiger partial charge in [-0.1, -0.05) is 6.92 Å². The normalized spacial score (nSPS) is 11.8. The van der Waals surface area contributed by atoms with E-state index in [-0.39, 0.29) is 6.61 Å². The summed E-state index contributed by atoms with van der Waals surface area (Å²) < 4.78 is 0. The van der Waals surface area contributed by atoms with Crippen molar-refractivity contribution >= 4 is 38.7 Å². The number of aromatic nitrogens is 2. The maximum absolute atomic E-state index is 9.16. The molecule has 0 aliphatic rings. The predicted octanol–water partition coefficient (Wildman–Crippen LogP) is 4.40. The fourth-order valence-corrected chi connectivity index (χ4v) is 4.03. The average molecular weight is 332 g/mol. The molecule has 0 radical (unpaired) electrons. The number of aliphatic hydroxyl groups excluding tert-OH is 1. The van der Waals surface area contributed by atoms with Crippen molar-refractivity contribution in [1.29, 1.82) is 0 Å². The van der Waals surface area contributed by atoms with E-state index in [4.69, 9.17) is 5.11 Å². The molecule has 3 heterocycles. The summed E-state index contributed by atoms with van der Waals surface area (Å²) in [5, 5.41) is 18.7. The third-order valence-corrected chi connectivity index (χ3v) is 5.71. The number of azo groups is 1. The molecule has 114 valence electrons. The Bertz CT molecular complexity index is 822. The van der Waals surface area contributed by atoms with Gasteiger partial charge in [0.2, 0.25) is 0 Å². The lowest BCUT2D eigenvalue weighted by Crippen LogP contribution is -1.80. The lowest BCUT2D eigenvalue weighted by molar-refractivity contribution is 0.285. The van der Waals surface area contributed by atoms with E-state index in [0.29, 0.717) is 12.4 Å². The van der Waals surface area contributed by atoms with E-state index in [2.05, 4.69) is 33.2 Å². The van der Waals surface area contributed by atoms with E-state index < -0.39 is 0 Å². The van der Waals surface area contributed by atoms with Crippen molar-refractivity contribution in [3.8, 4) is 0 Å². The van der Waals surface area contributed by atoms with Crippen LogP contribution in [0.25, 0.3) is 10.2 Å². The second kappa shape index (κ2) is 6.60. The van der Waals surface area contributed by atoms with Gasteiger partial charge in [-0.15, -0.1) is 27.8 Å². The van der Waals surface area contributed by atoms with E-state index in [1.807, 2.05) is 13.0 Å². The van der Waals surface area contributed by atoms with Gasteiger partial charge in [0, 0.05) is 14.6 Å². The van der Waals surface area contributed by atoms with Crippen LogP contribution in [0.15, 0.2) is 28.7 Å². The fraction of sp³-hybridized carbons (Fsp3) is 0.333. The molecule has 0 unspecified atom stereocenters. The van der Waals surface area contributed by atoms with Gasteiger partial charge in [0.15, 0.2) is 5.82 Å². The largest absolute Gasteiger partial charge is 0.391 e. The standard InChI is InChI=1S/C15H16N4OS2/c1-3-10-5-12-14(16-8-17-15(12)22-10)19-18-6-13-9(2)4-11(7-20)21-13/h4-5,8,20H,3,6-7H2,1-2H3. The Balaban J connectivity index is 1.83. The Kier molecular flexibility index (Phi) is 4.56. The minimum Gasteiger partial charge on any atom is -0.391 e. The van der Waals surface area contributed by atoms with Crippen molar-refractivity contribution in [3.63, 3.8) is 0 Å². The van der Waals surface area contributed by atoms with Crippen molar-refractivity contribution in [2.24, 2.45) is 10.2 Å². The SMILES string of the molecule is CCc1cc2c(N=NCc3sc(CO)cc3C)ncnc2s1. The summed E-state index contributed by atoms with van der Waals surface area (Å²) in [4.78, 5) is 12.8. The number of aliphatic hydroxyl groups is 1. The fourth-order valence-electron chi connectivity index (χ4n) is 2.14. The highest BCUT2D eigenvalue weighted by molar-refractivity contribution is 7.18. The van der Waals surface area contributed by atoms with Gasteiger partial charge in [-0.2, -0.15) is 5.11 Å². The highest BCUT2D eigenvalue weighted by atomic mass is 32.1. The van der Waals surface area contributed by atoms with Crippen molar-refractivity contribution < 1.29 is 5.11 Å². The van der Waals surface area contributed by atoms with Gasteiger partial charge < -0.3 is 5.11 Å². The summed E-state index contributed by atoms with van der Waals surface area (Å²) in [7, 11) is 0. The Morgan fingerprint density at radius 2 is 2.05 bits per heavy atom. The molecule has 0 atom stereocenters. The summed E-state index contributed by atoms with van der Waals surface area (Å²) in [6, 6.07) is 4.08. The van der Waals surface area contributed by atoms with Crippen molar-refractivity contribution in [2.75, 3.05) is 0 Å². The molecule has 0 aliphatic carbocycles. The smallest absolute Gasteiger partial charge is 0.185 e. The van der Waals surface area contributed by atoms with E-state index >= 15 is 0 Å². The van der Waals surface area contributed by atoms with E-state index in [9.17, 15) is 0 Å². The van der Waals surface area contributed by atoms with E-state index in [0.717, 1.165) is 32.0 Å². The molecule has 3 aromatic heterocycles. The van der Waals surface area contributed by atoms with Crippen LogP contribution in [0.3, 0.4) is 0 Å². The van der Waals surface area contributed by atoms with Crippen LogP contribution >= 0.6 is 22.7 Å². The molecule has 5 nitrogen and oxygen atoms in total. The molecule has 0 spiro atoms. The Morgan fingerprint density at radius 3 is 2.77 bits per heavy atom. The zero-order chi connectivity index (χ0) is 15.5. The minimum absolute atomic E-state index is 0.0733. The number of thiophene rings is 2. The third-order valence-electron chi connectivity index (χ3n) is 3.32. The van der Waals surface area contributed by atoms with Crippen LogP contribution in [0.4, 0.5) is 5.82 Å². The molecule has 7 heteroatoms. The maximum Gasteiger partial charge on any atom is 0.185 e. The predicted molar refractivity (Wildman–Crippen MR) is 90.0 cm³/mol. The van der Waals surface area contributed by atoms with Gasteiger partial charge in [-0.05, 0) is 31.0 Å². The van der Waals surface area contributed by atoms with Crippen molar-refractivity contribution in [2.45, 2.75) is 33.4 Å². The topological polar surface area (TPSA) is 70.7 Å². The highest BCUT2D eigenvalue weighted by Crippen LogP contribution is 2.30. The summed E-state index contributed by atoms with van der Waals surface area (Å²) in [5.74, 6) is 0.623. The molecular weight excluding hydrogens is 316 g/mol. The van der Waals surface area contributed by atoms with Gasteiger partial charge in [0.05, 0.1) is 18.5 Å². The Morgan fingerprint density at radius 1 is 1.18 bits per heavy atom. The van der Waals surface area contributed by atoms with Crippen LogP contribution in [0.5, 0.6) is 0 Å². The van der Waals surface area contributed by atoms with Crippen LogP contribution < -0.4 is 0 Å². The molecule has 3 aromatic rings. The molecule has 0 saturated carbocycles. The van der Waals surface area contributed by atoms with Gasteiger partial charge in [-0.25, -0.2) is 9.97 Å². The first-order valence-electron chi connectivity index (χ1n) is 7.01. The lowest BCUT2D eigenvalue weighted by atomic mass is 10.3. The van der Waals surface area contributed by atoms with Gasteiger partial charge in [-0.3, -0.25) is 0 Å². The zero-order valence-electron chi connectivity index (χ0n) is 12.4. The highest BCUT2D eigenvalue weighted by Gasteiger charge is 2.08. The zero-order valence-corrected chi connectivity index (χ0v) is 14.0. The molecule has 22 heavy (non-hydrogen) atoms. The Labute approximate surface area is 136 Å². The maximum atomic E-state index is 9.16. The number of aryl methyl sites for hydroxylation is 2. The second-order valence-electron chi connectivity index (χ2n) is 4.86. The number of fused-ring (bicyclic) bond motifs is 1. The lowest BCUT2D eigenvalue weighted by Gasteiger charge is -1.94. The number of hydrogen-bond donors (Lipinski definition) is 1. The summed E-state index contributed by atoms with van der Waals surface area (Å²) >= 11 is 3.24. The van der Waals surface area contributed by atoms with Crippen molar-refractivity contribution in [3.05, 3.63) is 38.7 Å². The molecule has 0 amide bonds. The Hall–Kier alpha value is -1.70. The summed E-state index contributed by atoms with van der Waals surface area (Å²) in [6.07, 6.45) is 2.52. The number of nitrogens with zero attached hydrogens (tertiary/aromatic N) is 4. The van der Waals surface area contributed by atoms with Crippen LogP contribution in [0, 0.1) is 6.92 Å². The monoisotopic (exact) mass is 332 g/mol. The molecular formula is C15H16N4OS2. The molecule has 0 bridgehead atoms. The van der Waals surface area contributed by atoms with Crippen LogP contribution in [-0.2, 0) is 19.6 Å². The number of hydrogen-bond acceptors (Lipinski definition) is 7. The first kappa shape index (κ1) is 15.2. The van der Waals surface area contributed by atoms with E-state index in [1.54, 1.807) is 22.7 Å². The van der Waals surface area contributed by atoms with Crippen LogP contribution in [0.2, 0.25) is 0 Å². The molecule has 0 aliphatic heterocycles. The summed E-state index contributed by atoms with van der Waals surface area (Å²) in [6.45, 7) is 4.73. The first-order chi connectivity index (χ1) is 10.7. The first-order valence-corrected chi connectivity index (χ1v) is 8.64. The van der Waals surface area contributed by atoms with Gasteiger partial charge in [0.1, 0.15) is 11.2 Å². The van der Waals surface area contributed by atoms with E-state index in [1.165, 1.54) is 11.2 Å². The second-order valence-corrected chi connectivity index (χ2v) is 7.20. The van der Waals surface area contributed by atoms with Gasteiger partial charge in [0.25, 0.3) is 0 Å². The quantitative estimate of drug-likeness (QED) is 0.704. The van der Waals surface area contributed by atoms with Crippen LogP contribution in [0.1, 0.15) is 27.1 Å².